The van der Waals surface area contributed by atoms with Gasteiger partial charge >= 0.3 is 0 Å². The number of nitrogens with one attached hydrogen (secondary N) is 2. The highest BCUT2D eigenvalue weighted by molar-refractivity contribution is 6.12. The molecule has 43 heavy (non-hydrogen) atoms. The number of hydrogen-bond acceptors (Lipinski definition) is 6. The molecule has 0 atom stereocenters. The molecular formula is C32H34F3N5O3. The number of carbonyl (C=O) groups excluding carboxylic acids is 1. The molecule has 2 heterocycles. The zero-order valence-electron chi connectivity index (χ0n) is 24.3. The molecule has 0 radical (unpaired) electrons. The molecule has 0 aliphatic carbocycles. The van der Waals surface area contributed by atoms with Crippen LogP contribution in [0.1, 0.15) is 71.6 Å². The summed E-state index contributed by atoms with van der Waals surface area (Å²) in [6.45, 7) is 8.60. The molecule has 0 saturated carbocycles. The summed E-state index contributed by atoms with van der Waals surface area (Å²) < 4.78 is 54.3. The maximum atomic E-state index is 15.1. The summed E-state index contributed by atoms with van der Waals surface area (Å²) in [6.07, 6.45) is 2.64. The first-order valence-corrected chi connectivity index (χ1v) is 13.7. The van der Waals surface area contributed by atoms with Crippen LogP contribution in [0.15, 0.2) is 83.1 Å². The number of benzene rings is 2. The van der Waals surface area contributed by atoms with Crippen LogP contribution >= 0.6 is 0 Å². The first-order chi connectivity index (χ1) is 20.4. The Bertz CT molecular complexity index is 1570. The smallest absolute Gasteiger partial charge is 0.292 e. The highest BCUT2D eigenvalue weighted by atomic mass is 19.3. The van der Waals surface area contributed by atoms with Crippen molar-refractivity contribution in [2.45, 2.75) is 58.1 Å². The topological polar surface area (TPSA) is 105 Å². The van der Waals surface area contributed by atoms with Crippen molar-refractivity contribution >= 4 is 11.6 Å². The Morgan fingerprint density at radius 3 is 2.58 bits per heavy atom. The van der Waals surface area contributed by atoms with E-state index in [4.69, 9.17) is 9.26 Å². The van der Waals surface area contributed by atoms with Gasteiger partial charge in [0.05, 0.1) is 18.0 Å². The van der Waals surface area contributed by atoms with Crippen LogP contribution in [0.3, 0.4) is 0 Å². The Kier molecular flexibility index (Phi) is 9.97. The van der Waals surface area contributed by atoms with E-state index in [9.17, 15) is 13.6 Å². The normalized spacial score (nSPS) is 12.4. The average molecular weight is 594 g/mol. The lowest BCUT2D eigenvalue weighted by Crippen LogP contribution is -2.25. The fourth-order valence-electron chi connectivity index (χ4n) is 4.12. The fourth-order valence-corrected chi connectivity index (χ4v) is 4.12. The number of aromatic nitrogens is 3. The van der Waals surface area contributed by atoms with Crippen LogP contribution in [0, 0.1) is 5.82 Å². The standard InChI is InChI=1S/C32H34F3N5O3/c1-5-36-27(26-15-22(17-37-26)13-14-32(34,35)20-42-19-21-9-7-6-8-10-21)23-11-12-24(25(33)16-23)18-38-29(41)28-39-30(43-40-28)31(2,3)4/h5-12,15-17,37H,1,13-14,18-20H2,2-4H3,(H,38,41). The minimum atomic E-state index is -3.00. The molecule has 1 amide bonds. The number of ether oxygens (including phenoxy) is 1. The van der Waals surface area contributed by atoms with Crippen molar-refractivity contribution in [2.75, 3.05) is 6.61 Å². The summed E-state index contributed by atoms with van der Waals surface area (Å²) in [4.78, 5) is 23.9. The third-order valence-electron chi connectivity index (χ3n) is 6.46. The Balaban J connectivity index is 1.35. The van der Waals surface area contributed by atoms with Gasteiger partial charge in [0.15, 0.2) is 0 Å². The van der Waals surface area contributed by atoms with E-state index < -0.39 is 36.1 Å². The Hall–Kier alpha value is -4.51. The van der Waals surface area contributed by atoms with E-state index in [0.717, 1.165) is 5.56 Å². The summed E-state index contributed by atoms with van der Waals surface area (Å²) in [5.74, 6) is -3.99. The van der Waals surface area contributed by atoms with Crippen molar-refractivity contribution in [1.82, 2.24) is 20.4 Å². The number of carbonyl (C=O) groups is 1. The number of nitrogens with zero attached hydrogens (tertiary/aromatic N) is 3. The van der Waals surface area contributed by atoms with Gasteiger partial charge in [0.25, 0.3) is 17.7 Å². The van der Waals surface area contributed by atoms with E-state index in [1.807, 2.05) is 51.1 Å². The molecule has 0 unspecified atom stereocenters. The molecule has 2 aromatic carbocycles. The Morgan fingerprint density at radius 2 is 1.91 bits per heavy atom. The van der Waals surface area contributed by atoms with Gasteiger partial charge in [0, 0.05) is 41.9 Å². The van der Waals surface area contributed by atoms with Crippen LogP contribution in [0.5, 0.6) is 0 Å². The lowest BCUT2D eigenvalue weighted by molar-refractivity contribution is -0.0862. The van der Waals surface area contributed by atoms with Gasteiger partial charge in [0.2, 0.25) is 5.89 Å². The number of amides is 1. The molecule has 2 aromatic heterocycles. The number of hydrogen-bond donors (Lipinski definition) is 2. The molecule has 0 spiro atoms. The molecule has 0 aliphatic heterocycles. The predicted molar refractivity (Wildman–Crippen MR) is 157 cm³/mol. The second-order valence-electron chi connectivity index (χ2n) is 11.1. The first kappa shape index (κ1) is 31.4. The molecule has 4 rings (SSSR count). The zero-order valence-corrected chi connectivity index (χ0v) is 24.3. The molecule has 11 heteroatoms. The van der Waals surface area contributed by atoms with E-state index in [1.54, 1.807) is 18.3 Å². The number of aryl methyl sites for hydroxylation is 1. The van der Waals surface area contributed by atoms with Crippen LogP contribution in [-0.4, -0.2) is 39.3 Å². The fraction of sp³-hybridized carbons (Fsp3) is 0.312. The second-order valence-corrected chi connectivity index (χ2v) is 11.1. The lowest BCUT2D eigenvalue weighted by atomic mass is 9.97. The lowest BCUT2D eigenvalue weighted by Gasteiger charge is -2.16. The van der Waals surface area contributed by atoms with Crippen LogP contribution < -0.4 is 5.32 Å². The minimum absolute atomic E-state index is 0.101. The van der Waals surface area contributed by atoms with Crippen LogP contribution in [0.25, 0.3) is 0 Å². The number of halogens is 3. The van der Waals surface area contributed by atoms with Gasteiger partial charge in [-0.3, -0.25) is 9.79 Å². The average Bonchev–Trinajstić information content (AvgIpc) is 3.65. The molecule has 2 N–H and O–H groups in total. The second kappa shape index (κ2) is 13.6. The van der Waals surface area contributed by atoms with Crippen molar-refractivity contribution < 1.29 is 27.2 Å². The van der Waals surface area contributed by atoms with Crippen molar-refractivity contribution in [3.8, 4) is 0 Å². The van der Waals surface area contributed by atoms with Gasteiger partial charge < -0.3 is 19.6 Å². The van der Waals surface area contributed by atoms with E-state index in [2.05, 4.69) is 32.0 Å². The summed E-state index contributed by atoms with van der Waals surface area (Å²) in [5, 5.41) is 6.28. The van der Waals surface area contributed by atoms with Crippen LogP contribution in [0.4, 0.5) is 13.2 Å². The maximum Gasteiger partial charge on any atom is 0.292 e. The molecule has 0 saturated heterocycles. The largest absolute Gasteiger partial charge is 0.371 e. The maximum absolute atomic E-state index is 15.1. The minimum Gasteiger partial charge on any atom is -0.371 e. The Labute approximate surface area is 248 Å². The SMILES string of the molecule is C=CN=C(c1ccc(CNC(=O)c2noc(C(C)(C)C)n2)c(F)c1)c1cc(CCC(F)(F)COCc2ccccc2)c[nH]1. The van der Waals surface area contributed by atoms with Gasteiger partial charge in [-0.05, 0) is 29.7 Å². The predicted octanol–water partition coefficient (Wildman–Crippen LogP) is 6.53. The van der Waals surface area contributed by atoms with Gasteiger partial charge in [-0.1, -0.05) is 75.0 Å². The highest BCUT2D eigenvalue weighted by Crippen LogP contribution is 2.24. The summed E-state index contributed by atoms with van der Waals surface area (Å²) >= 11 is 0. The van der Waals surface area contributed by atoms with Crippen LogP contribution in [0.2, 0.25) is 0 Å². The molecule has 8 nitrogen and oxygen atoms in total. The molecule has 0 bridgehead atoms. The third kappa shape index (κ3) is 8.74. The van der Waals surface area contributed by atoms with Gasteiger partial charge in [0.1, 0.15) is 12.4 Å². The van der Waals surface area contributed by atoms with E-state index >= 15 is 4.39 Å². The highest BCUT2D eigenvalue weighted by Gasteiger charge is 2.29. The van der Waals surface area contributed by atoms with Crippen molar-refractivity contribution in [3.05, 3.63) is 119 Å². The van der Waals surface area contributed by atoms with Crippen molar-refractivity contribution in [2.24, 2.45) is 4.99 Å². The molecule has 4 aromatic rings. The summed E-state index contributed by atoms with van der Waals surface area (Å²) in [6, 6.07) is 15.3. The third-order valence-corrected chi connectivity index (χ3v) is 6.46. The Morgan fingerprint density at radius 1 is 1.14 bits per heavy atom. The zero-order chi connectivity index (χ0) is 31.0. The number of alkyl halides is 2. The van der Waals surface area contributed by atoms with Gasteiger partial charge in [-0.2, -0.15) is 4.98 Å². The van der Waals surface area contributed by atoms with Crippen molar-refractivity contribution in [1.29, 1.82) is 0 Å². The van der Waals surface area contributed by atoms with Gasteiger partial charge in [-0.15, -0.1) is 0 Å². The quantitative estimate of drug-likeness (QED) is 0.172. The molecule has 226 valence electrons. The summed E-state index contributed by atoms with van der Waals surface area (Å²) in [7, 11) is 0. The number of H-pyrrole nitrogens is 1. The summed E-state index contributed by atoms with van der Waals surface area (Å²) in [5.41, 5.74) is 2.63. The first-order valence-electron chi connectivity index (χ1n) is 13.7. The molecule has 0 aliphatic rings. The number of aromatic amines is 1. The molecule has 0 fully saturated rings. The van der Waals surface area contributed by atoms with Gasteiger partial charge in [-0.25, -0.2) is 13.2 Å². The van der Waals surface area contributed by atoms with E-state index in [1.165, 1.54) is 18.3 Å². The number of rotatable bonds is 13. The number of aliphatic imine (C=N–C) groups is 1. The van der Waals surface area contributed by atoms with E-state index in [0.29, 0.717) is 28.4 Å². The molecular weight excluding hydrogens is 559 g/mol. The van der Waals surface area contributed by atoms with Crippen molar-refractivity contribution in [3.63, 3.8) is 0 Å². The monoisotopic (exact) mass is 593 g/mol. The van der Waals surface area contributed by atoms with E-state index in [-0.39, 0.29) is 31.0 Å². The van der Waals surface area contributed by atoms with Crippen LogP contribution in [-0.2, 0) is 29.7 Å².